The van der Waals surface area contributed by atoms with E-state index < -0.39 is 0 Å². The fourth-order valence-electron chi connectivity index (χ4n) is 1.51. The van der Waals surface area contributed by atoms with Crippen LogP contribution in [0, 0.1) is 6.92 Å². The van der Waals surface area contributed by atoms with Crippen molar-refractivity contribution < 1.29 is 9.21 Å². The number of hydrogen-bond donors (Lipinski definition) is 2. The number of nitrogens with zero attached hydrogens (tertiary/aromatic N) is 2. The molecule has 0 aliphatic rings. The molecule has 0 saturated heterocycles. The predicted molar refractivity (Wildman–Crippen MR) is 60.5 cm³/mol. The van der Waals surface area contributed by atoms with Crippen molar-refractivity contribution >= 4 is 5.91 Å². The first-order valence-corrected chi connectivity index (χ1v) is 5.37. The number of H-pyrrole nitrogens is 1. The van der Waals surface area contributed by atoms with Gasteiger partial charge in [0.05, 0.1) is 6.26 Å². The van der Waals surface area contributed by atoms with E-state index in [9.17, 15) is 4.79 Å². The molecule has 2 N–H and O–H groups in total. The second kappa shape index (κ2) is 4.82. The summed E-state index contributed by atoms with van der Waals surface area (Å²) in [5, 5.41) is 9.23. The molecule has 2 aromatic heterocycles. The number of hydrogen-bond acceptors (Lipinski definition) is 4. The molecule has 0 fully saturated rings. The summed E-state index contributed by atoms with van der Waals surface area (Å²) in [4.78, 5) is 15.7. The third kappa shape index (κ3) is 2.93. The van der Waals surface area contributed by atoms with E-state index >= 15 is 0 Å². The molecule has 0 aliphatic carbocycles. The number of aryl methyl sites for hydroxylation is 1. The zero-order chi connectivity index (χ0) is 12.3. The van der Waals surface area contributed by atoms with Crippen molar-refractivity contribution in [3.63, 3.8) is 0 Å². The molecule has 1 atom stereocenters. The van der Waals surface area contributed by atoms with Gasteiger partial charge < -0.3 is 9.73 Å². The van der Waals surface area contributed by atoms with Crippen molar-refractivity contribution in [2.45, 2.75) is 26.3 Å². The van der Waals surface area contributed by atoms with Gasteiger partial charge in [0.15, 0.2) is 0 Å². The van der Waals surface area contributed by atoms with Crippen molar-refractivity contribution in [2.24, 2.45) is 0 Å². The third-order valence-electron chi connectivity index (χ3n) is 2.27. The smallest absolute Gasteiger partial charge is 0.291 e. The van der Waals surface area contributed by atoms with Crippen LogP contribution in [-0.4, -0.2) is 27.1 Å². The second-order valence-corrected chi connectivity index (χ2v) is 3.90. The summed E-state index contributed by atoms with van der Waals surface area (Å²) < 4.78 is 5.21. The van der Waals surface area contributed by atoms with Crippen LogP contribution in [0.4, 0.5) is 0 Å². The molecule has 0 aliphatic heterocycles. The Morgan fingerprint density at radius 1 is 1.65 bits per heavy atom. The first-order chi connectivity index (χ1) is 8.15. The number of rotatable bonds is 4. The summed E-state index contributed by atoms with van der Waals surface area (Å²) >= 11 is 0. The van der Waals surface area contributed by atoms with E-state index in [0.29, 0.717) is 12.2 Å². The van der Waals surface area contributed by atoms with Crippen LogP contribution in [0.25, 0.3) is 0 Å². The van der Waals surface area contributed by atoms with Gasteiger partial charge in [0.1, 0.15) is 11.6 Å². The molecule has 0 radical (unpaired) electrons. The van der Waals surface area contributed by atoms with Gasteiger partial charge in [-0.05, 0) is 26.0 Å². The molecule has 2 rings (SSSR count). The Labute approximate surface area is 98.4 Å². The number of carbonyl (C=O) groups excluding carboxylic acids is 1. The Hall–Kier alpha value is -2.11. The van der Waals surface area contributed by atoms with Gasteiger partial charge >= 0.3 is 0 Å². The van der Waals surface area contributed by atoms with E-state index in [1.165, 1.54) is 0 Å². The first-order valence-electron chi connectivity index (χ1n) is 5.37. The van der Waals surface area contributed by atoms with Crippen molar-refractivity contribution in [1.82, 2.24) is 20.5 Å². The number of nitrogens with one attached hydrogen (secondary N) is 2. The van der Waals surface area contributed by atoms with Crippen molar-refractivity contribution in [3.8, 4) is 0 Å². The summed E-state index contributed by atoms with van der Waals surface area (Å²) in [5.74, 6) is 1.33. The van der Waals surface area contributed by atoms with E-state index in [4.69, 9.17) is 4.42 Å². The molecule has 2 heterocycles. The summed E-state index contributed by atoms with van der Waals surface area (Å²) in [6.45, 7) is 3.65. The number of carbonyl (C=O) groups is 1. The highest BCUT2D eigenvalue weighted by molar-refractivity contribution is 5.90. The van der Waals surface area contributed by atoms with Gasteiger partial charge in [0.25, 0.3) is 5.91 Å². The van der Waals surface area contributed by atoms with Crippen molar-refractivity contribution in [3.05, 3.63) is 35.8 Å². The zero-order valence-corrected chi connectivity index (χ0v) is 9.73. The molecule has 0 spiro atoms. The van der Waals surface area contributed by atoms with Crippen LogP contribution in [0.1, 0.15) is 29.1 Å². The van der Waals surface area contributed by atoms with Gasteiger partial charge in [-0.15, -0.1) is 5.10 Å². The summed E-state index contributed by atoms with van der Waals surface area (Å²) in [5.41, 5.74) is 0. The van der Waals surface area contributed by atoms with Crippen LogP contribution < -0.4 is 5.32 Å². The Bertz CT molecular complexity index is 489. The van der Waals surface area contributed by atoms with Crippen LogP contribution in [0.3, 0.4) is 0 Å². The Kier molecular flexibility index (Phi) is 3.22. The first kappa shape index (κ1) is 11.4. The van der Waals surface area contributed by atoms with E-state index in [0.717, 1.165) is 5.76 Å². The van der Waals surface area contributed by atoms with E-state index in [2.05, 4.69) is 20.5 Å². The average Bonchev–Trinajstić information content (AvgIpc) is 2.89. The second-order valence-electron chi connectivity index (χ2n) is 3.90. The third-order valence-corrected chi connectivity index (χ3v) is 2.27. The Balaban J connectivity index is 1.90. The standard InChI is InChI=1S/C11H14N4O2/c1-7(6-9-4-3-5-17-9)12-11(16)10-13-8(2)14-15-10/h3-5,7H,6H2,1-2H3,(H,12,16)(H,13,14,15). The summed E-state index contributed by atoms with van der Waals surface area (Å²) in [7, 11) is 0. The Morgan fingerprint density at radius 2 is 2.47 bits per heavy atom. The van der Waals surface area contributed by atoms with Crippen LogP contribution >= 0.6 is 0 Å². The van der Waals surface area contributed by atoms with E-state index in [-0.39, 0.29) is 17.8 Å². The highest BCUT2D eigenvalue weighted by Gasteiger charge is 2.14. The normalized spacial score (nSPS) is 12.4. The number of aromatic nitrogens is 3. The number of aromatic amines is 1. The maximum atomic E-state index is 11.7. The molecule has 6 nitrogen and oxygen atoms in total. The molecule has 1 amide bonds. The van der Waals surface area contributed by atoms with E-state index in [1.54, 1.807) is 13.2 Å². The molecule has 0 aromatic carbocycles. The lowest BCUT2D eigenvalue weighted by atomic mass is 10.2. The minimum atomic E-state index is -0.284. The van der Waals surface area contributed by atoms with Gasteiger partial charge in [-0.1, -0.05) is 0 Å². The maximum absolute atomic E-state index is 11.7. The zero-order valence-electron chi connectivity index (χ0n) is 9.73. The van der Waals surface area contributed by atoms with Gasteiger partial charge in [-0.25, -0.2) is 4.98 Å². The molecule has 0 saturated carbocycles. The lowest BCUT2D eigenvalue weighted by Gasteiger charge is -2.10. The quantitative estimate of drug-likeness (QED) is 0.828. The number of amides is 1. The molecule has 0 bridgehead atoms. The topological polar surface area (TPSA) is 83.8 Å². The van der Waals surface area contributed by atoms with E-state index in [1.807, 2.05) is 19.1 Å². The fraction of sp³-hybridized carbons (Fsp3) is 0.364. The Morgan fingerprint density at radius 3 is 3.06 bits per heavy atom. The minimum absolute atomic E-state index is 0.0348. The lowest BCUT2D eigenvalue weighted by molar-refractivity contribution is 0.0929. The van der Waals surface area contributed by atoms with Crippen molar-refractivity contribution in [2.75, 3.05) is 0 Å². The highest BCUT2D eigenvalue weighted by Crippen LogP contribution is 2.04. The van der Waals surface area contributed by atoms with Crippen LogP contribution in [0.5, 0.6) is 0 Å². The molecular formula is C11H14N4O2. The summed E-state index contributed by atoms with van der Waals surface area (Å²) in [6.07, 6.45) is 2.25. The predicted octanol–water partition coefficient (Wildman–Crippen LogP) is 1.07. The fourth-order valence-corrected chi connectivity index (χ4v) is 1.51. The molecule has 2 aromatic rings. The monoisotopic (exact) mass is 234 g/mol. The van der Waals surface area contributed by atoms with Crippen LogP contribution in [0.15, 0.2) is 22.8 Å². The highest BCUT2D eigenvalue weighted by atomic mass is 16.3. The summed E-state index contributed by atoms with van der Waals surface area (Å²) in [6, 6.07) is 3.66. The molecule has 1 unspecified atom stereocenters. The van der Waals surface area contributed by atoms with Crippen molar-refractivity contribution in [1.29, 1.82) is 0 Å². The largest absolute Gasteiger partial charge is 0.469 e. The average molecular weight is 234 g/mol. The molecular weight excluding hydrogens is 220 g/mol. The lowest BCUT2D eigenvalue weighted by Crippen LogP contribution is -2.34. The molecule has 6 heteroatoms. The van der Waals surface area contributed by atoms with Gasteiger partial charge in [-0.3, -0.25) is 9.89 Å². The van der Waals surface area contributed by atoms with Gasteiger partial charge in [0.2, 0.25) is 5.82 Å². The van der Waals surface area contributed by atoms with Crippen LogP contribution in [-0.2, 0) is 6.42 Å². The van der Waals surface area contributed by atoms with Gasteiger partial charge in [0, 0.05) is 12.5 Å². The number of furan rings is 1. The van der Waals surface area contributed by atoms with Crippen LogP contribution in [0.2, 0.25) is 0 Å². The maximum Gasteiger partial charge on any atom is 0.291 e. The SMILES string of the molecule is Cc1nc(C(=O)NC(C)Cc2ccco2)n[nH]1. The molecule has 17 heavy (non-hydrogen) atoms. The minimum Gasteiger partial charge on any atom is -0.469 e. The van der Waals surface area contributed by atoms with Gasteiger partial charge in [-0.2, -0.15) is 0 Å². The molecule has 90 valence electrons.